The molecule has 0 aliphatic rings. The molecule has 10 aromatic carbocycles. The summed E-state index contributed by atoms with van der Waals surface area (Å²) in [5.41, 5.74) is 9.17. The van der Waals surface area contributed by atoms with Crippen molar-refractivity contribution in [2.24, 2.45) is 0 Å². The highest BCUT2D eigenvalue weighted by molar-refractivity contribution is 6.12. The first-order valence-corrected chi connectivity index (χ1v) is 26.8. The number of nitrogens with zero attached hydrogens (tertiary/aromatic N) is 10. The molecule has 0 bridgehead atoms. The molecule has 0 atom stereocenters. The number of benzene rings is 10. The van der Waals surface area contributed by atoms with Crippen LogP contribution in [0.25, 0.3) is 141 Å². The predicted molar refractivity (Wildman–Crippen MR) is 320 cm³/mol. The molecule has 0 saturated heterocycles. The number of hydrogen-bond acceptors (Lipinski definition) is 9. The van der Waals surface area contributed by atoms with E-state index in [1.807, 2.05) is 224 Å². The normalized spacial score (nSPS) is 11.6. The smallest absolute Gasteiger partial charge is 0.308 e. The molecule has 83 heavy (non-hydrogen) atoms. The summed E-state index contributed by atoms with van der Waals surface area (Å²) >= 11 is 0. The number of aromatic nitrogens is 10. The highest BCUT2D eigenvalue weighted by atomic mass is 19.4. The zero-order chi connectivity index (χ0) is 55.9. The van der Waals surface area contributed by atoms with Gasteiger partial charge in [0.25, 0.3) is 0 Å². The van der Waals surface area contributed by atoms with E-state index >= 15 is 0 Å². The molecule has 0 saturated carbocycles. The van der Waals surface area contributed by atoms with Gasteiger partial charge in [-0.2, -0.15) is 13.2 Å². The van der Waals surface area contributed by atoms with E-state index in [-0.39, 0.29) is 0 Å². The van der Waals surface area contributed by atoms with Gasteiger partial charge in [-0.25, -0.2) is 44.9 Å². The minimum Gasteiger partial charge on any atom is -0.308 e. The van der Waals surface area contributed by atoms with Crippen molar-refractivity contribution in [3.05, 3.63) is 266 Å². The molecular formula is C70H43F3N10. The van der Waals surface area contributed by atoms with Crippen molar-refractivity contribution in [3.8, 4) is 119 Å². The molecule has 0 N–H and O–H groups in total. The van der Waals surface area contributed by atoms with Crippen molar-refractivity contribution < 1.29 is 13.2 Å². The maximum absolute atomic E-state index is 14.5. The Kier molecular flexibility index (Phi) is 12.7. The second-order valence-electron chi connectivity index (χ2n) is 19.7. The van der Waals surface area contributed by atoms with Gasteiger partial charge in [0.2, 0.25) is 0 Å². The molecule has 0 fully saturated rings. The fourth-order valence-corrected chi connectivity index (χ4v) is 10.3. The largest absolute Gasteiger partial charge is 0.416 e. The number of hydrogen-bond donors (Lipinski definition) is 0. The summed E-state index contributed by atoms with van der Waals surface area (Å²) in [4.78, 5) is 45.8. The molecule has 0 spiro atoms. The van der Waals surface area contributed by atoms with Gasteiger partial charge in [0.05, 0.1) is 22.3 Å². The zero-order valence-electron chi connectivity index (χ0n) is 43.9. The Balaban J connectivity index is 1.05. The Labute approximate surface area is 474 Å². The lowest BCUT2D eigenvalue weighted by Crippen LogP contribution is -2.05. The van der Waals surface area contributed by atoms with E-state index in [1.165, 1.54) is 12.1 Å². The van der Waals surface area contributed by atoms with Crippen molar-refractivity contribution in [1.82, 2.24) is 49.4 Å². The lowest BCUT2D eigenvalue weighted by molar-refractivity contribution is -0.137. The predicted octanol–water partition coefficient (Wildman–Crippen LogP) is 17.0. The van der Waals surface area contributed by atoms with Crippen LogP contribution in [0.1, 0.15) is 5.56 Å². The molecule has 10 nitrogen and oxygen atoms in total. The van der Waals surface area contributed by atoms with Crippen LogP contribution in [-0.2, 0) is 6.18 Å². The summed E-state index contributed by atoms with van der Waals surface area (Å²) in [5, 5.41) is 1.62. The average Bonchev–Trinajstić information content (AvgIpc) is 2.86. The van der Waals surface area contributed by atoms with Gasteiger partial charge in [0, 0.05) is 60.8 Å². The fraction of sp³-hybridized carbons (Fsp3) is 0.0143. The molecule has 0 aliphatic heterocycles. The van der Waals surface area contributed by atoms with Crippen molar-refractivity contribution >= 4 is 21.8 Å². The SMILES string of the molecule is FC(F)(F)c1cccc(-c2ccc(-c3nc(-c4ccccc4)nc(-c4ccccc4)n3)c(-n3c4ccc(-c5nc(-c6ccccc6)nc(-c6ccccc6)n5)cc4c4cc(-c5nc(-c6ccccc6)nc(-c6ccccc6)n5)ccc43)c2)c1. The Morgan fingerprint density at radius 1 is 0.241 bits per heavy atom. The molecule has 4 aromatic heterocycles. The minimum atomic E-state index is -4.57. The monoisotopic (exact) mass is 1080 g/mol. The van der Waals surface area contributed by atoms with E-state index < -0.39 is 11.7 Å². The van der Waals surface area contributed by atoms with Gasteiger partial charge in [-0.1, -0.05) is 200 Å². The van der Waals surface area contributed by atoms with E-state index in [2.05, 4.69) is 16.7 Å². The van der Waals surface area contributed by atoms with Crippen LogP contribution in [0.15, 0.2) is 261 Å². The summed E-state index contributed by atoms with van der Waals surface area (Å²) < 4.78 is 45.5. The van der Waals surface area contributed by atoms with Crippen molar-refractivity contribution in [1.29, 1.82) is 0 Å². The third kappa shape index (κ3) is 9.93. The number of fused-ring (bicyclic) bond motifs is 3. The van der Waals surface area contributed by atoms with Crippen molar-refractivity contribution in [2.45, 2.75) is 6.18 Å². The second-order valence-corrected chi connectivity index (χ2v) is 19.7. The Bertz CT molecular complexity index is 4340. The van der Waals surface area contributed by atoms with Crippen molar-refractivity contribution in [3.63, 3.8) is 0 Å². The standard InChI is InChI=1S/C70H43F3N10/c71-70(72,73)54-33-19-32-50(40-54)51-34-37-55(69-81-65(48-28-15-5-16-29-48)76-66(82-69)49-30-17-6-18-31-49)60(43-51)83-58-38-35-52(67-77-61(44-20-7-1-8-21-44)74-62(78-67)45-22-9-2-10-23-45)41-56(58)57-42-53(36-39-59(57)83)68-79-63(46-24-11-3-12-25-46)75-64(80-68)47-26-13-4-14-27-47/h1-43H. The second kappa shape index (κ2) is 21.1. The Morgan fingerprint density at radius 2 is 0.530 bits per heavy atom. The maximum atomic E-state index is 14.5. The van der Waals surface area contributed by atoms with Crippen LogP contribution in [0.3, 0.4) is 0 Å². The molecule has 4 heterocycles. The first-order chi connectivity index (χ1) is 40.7. The molecule has 0 amide bonds. The van der Waals surface area contributed by atoms with Gasteiger partial charge >= 0.3 is 6.18 Å². The maximum Gasteiger partial charge on any atom is 0.416 e. The molecule has 14 rings (SSSR count). The lowest BCUT2D eigenvalue weighted by atomic mass is 9.99. The van der Waals surface area contributed by atoms with Gasteiger partial charge in [0.15, 0.2) is 52.4 Å². The number of halogens is 3. The van der Waals surface area contributed by atoms with E-state index in [4.69, 9.17) is 44.9 Å². The summed E-state index contributed by atoms with van der Waals surface area (Å²) in [5.74, 6) is 4.19. The van der Waals surface area contributed by atoms with Crippen LogP contribution in [-0.4, -0.2) is 49.4 Å². The van der Waals surface area contributed by atoms with Crippen LogP contribution in [0.5, 0.6) is 0 Å². The van der Waals surface area contributed by atoms with Gasteiger partial charge < -0.3 is 4.57 Å². The van der Waals surface area contributed by atoms with Crippen molar-refractivity contribution in [2.75, 3.05) is 0 Å². The number of rotatable bonds is 11. The minimum absolute atomic E-state index is 0.352. The highest BCUT2D eigenvalue weighted by Crippen LogP contribution is 2.42. The fourth-order valence-electron chi connectivity index (χ4n) is 10.3. The molecule has 394 valence electrons. The van der Waals surface area contributed by atoms with Crippen LogP contribution in [0, 0.1) is 0 Å². The lowest BCUT2D eigenvalue weighted by Gasteiger charge is -2.17. The average molecular weight is 1080 g/mol. The van der Waals surface area contributed by atoms with Crippen LogP contribution in [0.4, 0.5) is 13.2 Å². The summed E-state index contributed by atoms with van der Waals surface area (Å²) in [6.45, 7) is 0. The topological polar surface area (TPSA) is 121 Å². The van der Waals surface area contributed by atoms with E-state index in [0.717, 1.165) is 61.3 Å². The zero-order valence-corrected chi connectivity index (χ0v) is 43.9. The van der Waals surface area contributed by atoms with Crippen LogP contribution in [0.2, 0.25) is 0 Å². The van der Waals surface area contributed by atoms with Crippen LogP contribution < -0.4 is 0 Å². The first kappa shape index (κ1) is 50.1. The first-order valence-electron chi connectivity index (χ1n) is 26.8. The third-order valence-electron chi connectivity index (χ3n) is 14.4. The highest BCUT2D eigenvalue weighted by Gasteiger charge is 2.31. The summed E-state index contributed by atoms with van der Waals surface area (Å²) in [7, 11) is 0. The molecule has 0 radical (unpaired) electrons. The third-order valence-corrected chi connectivity index (χ3v) is 14.4. The molecule has 0 aliphatic carbocycles. The van der Waals surface area contributed by atoms with E-state index in [9.17, 15) is 13.2 Å². The van der Waals surface area contributed by atoms with E-state index in [1.54, 1.807) is 6.07 Å². The van der Waals surface area contributed by atoms with Gasteiger partial charge in [-0.05, 0) is 71.8 Å². The van der Waals surface area contributed by atoms with Gasteiger partial charge in [-0.3, -0.25) is 0 Å². The molecule has 13 heteroatoms. The quantitative estimate of drug-likeness (QED) is 0.125. The Morgan fingerprint density at radius 3 is 0.867 bits per heavy atom. The Hall–Kier alpha value is -11.2. The summed E-state index contributed by atoms with van der Waals surface area (Å²) in [6, 6.07) is 81.8. The summed E-state index contributed by atoms with van der Waals surface area (Å²) in [6.07, 6.45) is -4.57. The van der Waals surface area contributed by atoms with Crippen LogP contribution >= 0.6 is 0 Å². The molecular weight excluding hydrogens is 1040 g/mol. The molecule has 0 unspecified atom stereocenters. The molecule has 14 aromatic rings. The van der Waals surface area contributed by atoms with Gasteiger partial charge in [-0.15, -0.1) is 0 Å². The number of alkyl halides is 3. The van der Waals surface area contributed by atoms with E-state index in [0.29, 0.717) is 85.9 Å². The van der Waals surface area contributed by atoms with Gasteiger partial charge in [0.1, 0.15) is 0 Å².